The molecule has 5 heteroatoms. The monoisotopic (exact) mass is 328 g/mol. The van der Waals surface area contributed by atoms with E-state index < -0.39 is 0 Å². The van der Waals surface area contributed by atoms with E-state index in [1.807, 2.05) is 23.6 Å². The highest BCUT2D eigenvalue weighted by molar-refractivity contribution is 7.13. The lowest BCUT2D eigenvalue weighted by Gasteiger charge is -2.01. The van der Waals surface area contributed by atoms with Crippen molar-refractivity contribution < 1.29 is 4.79 Å². The zero-order chi connectivity index (χ0) is 15.4. The van der Waals surface area contributed by atoms with Gasteiger partial charge in [0.2, 0.25) is 0 Å². The smallest absolute Gasteiger partial charge is 0.261 e. The topological polar surface area (TPSA) is 42.0 Å². The van der Waals surface area contributed by atoms with Gasteiger partial charge in [0.05, 0.1) is 10.6 Å². The summed E-state index contributed by atoms with van der Waals surface area (Å²) >= 11 is 3.10. The average molecular weight is 328 g/mol. The van der Waals surface area contributed by atoms with Crippen molar-refractivity contribution in [3.8, 4) is 10.6 Å². The Balaban J connectivity index is 1.57. The van der Waals surface area contributed by atoms with Crippen LogP contribution in [0.15, 0.2) is 47.2 Å². The van der Waals surface area contributed by atoms with Crippen molar-refractivity contribution in [2.75, 3.05) is 6.54 Å². The van der Waals surface area contributed by atoms with Crippen LogP contribution < -0.4 is 5.32 Å². The number of thiophene rings is 1. The number of rotatable bonds is 5. The molecule has 112 valence electrons. The van der Waals surface area contributed by atoms with Crippen LogP contribution >= 0.6 is 22.7 Å². The summed E-state index contributed by atoms with van der Waals surface area (Å²) in [6.45, 7) is 2.69. The van der Waals surface area contributed by atoms with Gasteiger partial charge in [0.15, 0.2) is 0 Å². The first-order chi connectivity index (χ1) is 10.7. The third kappa shape index (κ3) is 3.61. The molecule has 2 aromatic heterocycles. The standard InChI is InChI=1S/C17H16N2OS2/c1-12-4-2-5-13(10-12)17-19-14(11-22-17)7-8-18-16(20)15-6-3-9-21-15/h2-6,9-11H,7-8H2,1H3,(H,18,20). The summed E-state index contributed by atoms with van der Waals surface area (Å²) in [7, 11) is 0. The molecule has 0 aliphatic rings. The second-order valence-electron chi connectivity index (χ2n) is 5.00. The molecule has 0 bridgehead atoms. The molecular formula is C17H16N2OS2. The molecule has 3 nitrogen and oxygen atoms in total. The van der Waals surface area contributed by atoms with Gasteiger partial charge in [0.25, 0.3) is 5.91 Å². The fourth-order valence-electron chi connectivity index (χ4n) is 2.13. The molecule has 1 N–H and O–H groups in total. The molecule has 1 amide bonds. The Morgan fingerprint density at radius 1 is 1.23 bits per heavy atom. The number of nitrogens with one attached hydrogen (secondary N) is 1. The van der Waals surface area contributed by atoms with Gasteiger partial charge in [-0.3, -0.25) is 4.79 Å². The Bertz CT molecular complexity index is 763. The second kappa shape index (κ2) is 6.85. The van der Waals surface area contributed by atoms with Crippen molar-refractivity contribution >= 4 is 28.6 Å². The number of benzene rings is 1. The van der Waals surface area contributed by atoms with E-state index in [0.717, 1.165) is 27.6 Å². The van der Waals surface area contributed by atoms with Crippen molar-refractivity contribution in [1.82, 2.24) is 10.3 Å². The molecule has 3 aromatic rings. The quantitative estimate of drug-likeness (QED) is 0.764. The van der Waals surface area contributed by atoms with E-state index in [9.17, 15) is 4.79 Å². The third-order valence-corrected chi connectivity index (χ3v) is 5.04. The molecular weight excluding hydrogens is 312 g/mol. The van der Waals surface area contributed by atoms with Crippen molar-refractivity contribution in [1.29, 1.82) is 0 Å². The summed E-state index contributed by atoms with van der Waals surface area (Å²) in [5, 5.41) is 7.93. The average Bonchev–Trinajstić information content (AvgIpc) is 3.19. The highest BCUT2D eigenvalue weighted by Crippen LogP contribution is 2.24. The fourth-order valence-corrected chi connectivity index (χ4v) is 3.62. The first-order valence-electron chi connectivity index (χ1n) is 7.05. The van der Waals surface area contributed by atoms with Gasteiger partial charge in [-0.2, -0.15) is 0 Å². The Hall–Kier alpha value is -1.98. The Labute approximate surface area is 137 Å². The van der Waals surface area contributed by atoms with E-state index in [-0.39, 0.29) is 5.91 Å². The zero-order valence-electron chi connectivity index (χ0n) is 12.2. The maximum absolute atomic E-state index is 11.8. The molecule has 0 radical (unpaired) electrons. The van der Waals surface area contributed by atoms with Crippen LogP contribution in [-0.4, -0.2) is 17.4 Å². The predicted octanol–water partition coefficient (Wildman–Crippen LogP) is 4.15. The Morgan fingerprint density at radius 3 is 2.91 bits per heavy atom. The largest absolute Gasteiger partial charge is 0.351 e. The molecule has 2 heterocycles. The maximum Gasteiger partial charge on any atom is 0.261 e. The molecule has 0 aliphatic heterocycles. The number of nitrogens with zero attached hydrogens (tertiary/aromatic N) is 1. The number of hydrogen-bond acceptors (Lipinski definition) is 4. The maximum atomic E-state index is 11.8. The van der Waals surface area contributed by atoms with Gasteiger partial charge < -0.3 is 5.32 Å². The van der Waals surface area contributed by atoms with Gasteiger partial charge in [-0.05, 0) is 24.4 Å². The van der Waals surface area contributed by atoms with E-state index in [2.05, 4.69) is 40.8 Å². The van der Waals surface area contributed by atoms with Crippen molar-refractivity contribution in [2.45, 2.75) is 13.3 Å². The molecule has 0 saturated carbocycles. The van der Waals surface area contributed by atoms with Crippen LogP contribution in [0.25, 0.3) is 10.6 Å². The summed E-state index contributed by atoms with van der Waals surface area (Å²) < 4.78 is 0. The molecule has 0 fully saturated rings. The summed E-state index contributed by atoms with van der Waals surface area (Å²) in [6.07, 6.45) is 0.749. The number of carbonyl (C=O) groups excluding carboxylic acids is 1. The number of thiazole rings is 1. The molecule has 0 unspecified atom stereocenters. The SMILES string of the molecule is Cc1cccc(-c2nc(CCNC(=O)c3cccs3)cs2)c1. The highest BCUT2D eigenvalue weighted by atomic mass is 32.1. The number of aryl methyl sites for hydroxylation is 1. The van der Waals surface area contributed by atoms with Crippen LogP contribution in [0.5, 0.6) is 0 Å². The lowest BCUT2D eigenvalue weighted by atomic mass is 10.1. The molecule has 0 saturated heterocycles. The minimum Gasteiger partial charge on any atom is -0.351 e. The first kappa shape index (κ1) is 14.9. The number of hydrogen-bond donors (Lipinski definition) is 1. The van der Waals surface area contributed by atoms with E-state index >= 15 is 0 Å². The molecule has 0 spiro atoms. The van der Waals surface area contributed by atoms with Gasteiger partial charge in [-0.1, -0.05) is 29.8 Å². The summed E-state index contributed by atoms with van der Waals surface area (Å²) in [5.41, 5.74) is 3.41. The normalized spacial score (nSPS) is 10.6. The van der Waals surface area contributed by atoms with E-state index in [1.54, 1.807) is 11.3 Å². The van der Waals surface area contributed by atoms with Crippen LogP contribution in [0.1, 0.15) is 20.9 Å². The van der Waals surface area contributed by atoms with Crippen LogP contribution in [0.4, 0.5) is 0 Å². The van der Waals surface area contributed by atoms with Gasteiger partial charge in [0, 0.05) is 23.9 Å². The number of aromatic nitrogens is 1. The van der Waals surface area contributed by atoms with Crippen molar-refractivity contribution in [3.63, 3.8) is 0 Å². The first-order valence-corrected chi connectivity index (χ1v) is 8.81. The highest BCUT2D eigenvalue weighted by Gasteiger charge is 2.07. The van der Waals surface area contributed by atoms with Gasteiger partial charge >= 0.3 is 0 Å². The lowest BCUT2D eigenvalue weighted by Crippen LogP contribution is -2.24. The van der Waals surface area contributed by atoms with Gasteiger partial charge in [-0.25, -0.2) is 4.98 Å². The molecule has 22 heavy (non-hydrogen) atoms. The molecule has 0 aliphatic carbocycles. The molecule has 3 rings (SSSR count). The van der Waals surface area contributed by atoms with Crippen molar-refractivity contribution in [2.24, 2.45) is 0 Å². The fraction of sp³-hybridized carbons (Fsp3) is 0.176. The van der Waals surface area contributed by atoms with Gasteiger partial charge in [-0.15, -0.1) is 22.7 Å². The van der Waals surface area contributed by atoms with Crippen LogP contribution in [0.3, 0.4) is 0 Å². The molecule has 1 aromatic carbocycles. The molecule has 0 atom stereocenters. The summed E-state index contributed by atoms with van der Waals surface area (Å²) in [5.74, 6) is -0.0101. The van der Waals surface area contributed by atoms with E-state index in [0.29, 0.717) is 6.54 Å². The zero-order valence-corrected chi connectivity index (χ0v) is 13.8. The van der Waals surface area contributed by atoms with Gasteiger partial charge in [0.1, 0.15) is 5.01 Å². The predicted molar refractivity (Wildman–Crippen MR) is 92.6 cm³/mol. The van der Waals surface area contributed by atoms with E-state index in [4.69, 9.17) is 0 Å². The summed E-state index contributed by atoms with van der Waals surface area (Å²) in [6, 6.07) is 12.1. The van der Waals surface area contributed by atoms with Crippen LogP contribution in [0, 0.1) is 6.92 Å². The van der Waals surface area contributed by atoms with Crippen LogP contribution in [-0.2, 0) is 6.42 Å². The Morgan fingerprint density at radius 2 is 2.14 bits per heavy atom. The lowest BCUT2D eigenvalue weighted by molar-refractivity contribution is 0.0958. The van der Waals surface area contributed by atoms with Crippen LogP contribution in [0.2, 0.25) is 0 Å². The number of amides is 1. The minimum absolute atomic E-state index is 0.0101. The minimum atomic E-state index is -0.0101. The Kier molecular flexibility index (Phi) is 4.65. The number of carbonyl (C=O) groups is 1. The van der Waals surface area contributed by atoms with Crippen molar-refractivity contribution in [3.05, 3.63) is 63.3 Å². The summed E-state index contributed by atoms with van der Waals surface area (Å²) in [4.78, 5) is 17.2. The van der Waals surface area contributed by atoms with E-state index in [1.165, 1.54) is 16.9 Å². The second-order valence-corrected chi connectivity index (χ2v) is 6.80. The third-order valence-electron chi connectivity index (χ3n) is 3.23.